The number of halogens is 1. The van der Waals surface area contributed by atoms with E-state index in [0.717, 1.165) is 0 Å². The minimum absolute atomic E-state index is 0.211. The second-order valence-electron chi connectivity index (χ2n) is 5.92. The summed E-state index contributed by atoms with van der Waals surface area (Å²) < 4.78 is 44.9. The molecule has 7 nitrogen and oxygen atoms in total. The Kier molecular flexibility index (Phi) is 6.68. The smallest absolute Gasteiger partial charge is 0.243 e. The van der Waals surface area contributed by atoms with Crippen molar-refractivity contribution < 1.29 is 17.5 Å². The summed E-state index contributed by atoms with van der Waals surface area (Å²) in [5.41, 5.74) is 3.82. The summed E-state index contributed by atoms with van der Waals surface area (Å²) >= 11 is 5.14. The first-order valence-corrected chi connectivity index (χ1v) is 10.3. The van der Waals surface area contributed by atoms with Crippen LogP contribution in [-0.2, 0) is 14.8 Å². The minimum Gasteiger partial charge on any atom is -0.379 e. The molecule has 148 valence electrons. The first-order chi connectivity index (χ1) is 13.4. The highest BCUT2D eigenvalue weighted by molar-refractivity contribution is 7.89. The maximum Gasteiger partial charge on any atom is 0.243 e. The van der Waals surface area contributed by atoms with E-state index in [0.29, 0.717) is 37.6 Å². The van der Waals surface area contributed by atoms with Crippen LogP contribution in [-0.4, -0.2) is 50.4 Å². The van der Waals surface area contributed by atoms with Gasteiger partial charge in [-0.3, -0.25) is 5.43 Å². The van der Waals surface area contributed by atoms with Gasteiger partial charge in [-0.2, -0.15) is 9.41 Å². The van der Waals surface area contributed by atoms with Gasteiger partial charge in [0.05, 0.1) is 24.3 Å². The Morgan fingerprint density at radius 2 is 1.89 bits per heavy atom. The maximum absolute atomic E-state index is 13.1. The van der Waals surface area contributed by atoms with Crippen molar-refractivity contribution in [2.45, 2.75) is 4.90 Å². The second-order valence-corrected chi connectivity index (χ2v) is 8.27. The van der Waals surface area contributed by atoms with Crippen molar-refractivity contribution in [3.05, 3.63) is 59.9 Å². The van der Waals surface area contributed by atoms with Gasteiger partial charge in [-0.25, -0.2) is 12.8 Å². The van der Waals surface area contributed by atoms with E-state index in [9.17, 15) is 12.8 Å². The van der Waals surface area contributed by atoms with E-state index in [1.54, 1.807) is 24.3 Å². The molecule has 0 bridgehead atoms. The third-order valence-electron chi connectivity index (χ3n) is 3.95. The zero-order valence-corrected chi connectivity index (χ0v) is 16.5. The van der Waals surface area contributed by atoms with Crippen LogP contribution in [0.3, 0.4) is 0 Å². The number of ether oxygens (including phenoxy) is 1. The molecule has 2 aromatic carbocycles. The molecule has 0 atom stereocenters. The van der Waals surface area contributed by atoms with Gasteiger partial charge in [0.2, 0.25) is 10.0 Å². The monoisotopic (exact) mass is 422 g/mol. The highest BCUT2D eigenvalue weighted by Crippen LogP contribution is 2.19. The number of hydrogen-bond donors (Lipinski definition) is 2. The van der Waals surface area contributed by atoms with Gasteiger partial charge < -0.3 is 10.1 Å². The average molecular weight is 423 g/mol. The van der Waals surface area contributed by atoms with Gasteiger partial charge in [0.15, 0.2) is 5.11 Å². The number of rotatable bonds is 5. The Morgan fingerprint density at radius 3 is 2.57 bits per heavy atom. The third-order valence-corrected chi connectivity index (χ3v) is 6.05. The van der Waals surface area contributed by atoms with E-state index >= 15 is 0 Å². The van der Waals surface area contributed by atoms with Gasteiger partial charge in [0, 0.05) is 18.8 Å². The lowest BCUT2D eigenvalue weighted by Crippen LogP contribution is -2.40. The van der Waals surface area contributed by atoms with Crippen LogP contribution in [0.5, 0.6) is 0 Å². The number of thiocarbonyl (C=S) groups is 1. The van der Waals surface area contributed by atoms with Crippen molar-refractivity contribution in [2.75, 3.05) is 31.6 Å². The van der Waals surface area contributed by atoms with Crippen LogP contribution < -0.4 is 10.7 Å². The van der Waals surface area contributed by atoms with Crippen LogP contribution in [0.1, 0.15) is 5.56 Å². The van der Waals surface area contributed by atoms with E-state index < -0.39 is 10.0 Å². The van der Waals surface area contributed by atoms with E-state index in [4.69, 9.17) is 17.0 Å². The predicted octanol–water partition coefficient (Wildman–Crippen LogP) is 2.17. The highest BCUT2D eigenvalue weighted by atomic mass is 32.2. The molecule has 0 aliphatic carbocycles. The fourth-order valence-corrected chi connectivity index (χ4v) is 4.14. The summed E-state index contributed by atoms with van der Waals surface area (Å²) in [5, 5.41) is 7.06. The Morgan fingerprint density at radius 1 is 1.18 bits per heavy atom. The quantitative estimate of drug-likeness (QED) is 0.437. The highest BCUT2D eigenvalue weighted by Gasteiger charge is 2.26. The molecular weight excluding hydrogens is 403 g/mol. The summed E-state index contributed by atoms with van der Waals surface area (Å²) in [6, 6.07) is 12.3. The molecule has 2 aromatic rings. The van der Waals surface area contributed by atoms with Crippen molar-refractivity contribution in [2.24, 2.45) is 5.10 Å². The SMILES string of the molecule is O=S(=O)(c1ccc(NC(=S)N/N=C/c2cccc(F)c2)cc1)N1CCOCC1. The Labute approximate surface area is 168 Å². The Bertz CT molecular complexity index is 959. The van der Waals surface area contributed by atoms with Gasteiger partial charge in [0.25, 0.3) is 0 Å². The number of benzene rings is 2. The van der Waals surface area contributed by atoms with Crippen LogP contribution >= 0.6 is 12.2 Å². The van der Waals surface area contributed by atoms with Crippen LogP contribution in [0.15, 0.2) is 58.5 Å². The fraction of sp³-hybridized carbons (Fsp3) is 0.222. The largest absolute Gasteiger partial charge is 0.379 e. The number of nitrogens with one attached hydrogen (secondary N) is 2. The average Bonchev–Trinajstić information content (AvgIpc) is 2.69. The second kappa shape index (κ2) is 9.20. The van der Waals surface area contributed by atoms with Gasteiger partial charge in [-0.05, 0) is 54.2 Å². The Balaban J connectivity index is 1.57. The lowest BCUT2D eigenvalue weighted by atomic mass is 10.2. The molecule has 0 amide bonds. The third kappa shape index (κ3) is 5.32. The lowest BCUT2D eigenvalue weighted by molar-refractivity contribution is 0.0730. The number of sulfonamides is 1. The molecule has 28 heavy (non-hydrogen) atoms. The summed E-state index contributed by atoms with van der Waals surface area (Å²) in [4.78, 5) is 0.211. The molecular formula is C18H19FN4O3S2. The van der Waals surface area contributed by atoms with Gasteiger partial charge in [-0.15, -0.1) is 0 Å². The number of morpholine rings is 1. The van der Waals surface area contributed by atoms with E-state index in [1.807, 2.05) is 0 Å². The minimum atomic E-state index is -3.53. The first-order valence-electron chi connectivity index (χ1n) is 8.49. The Hall–Kier alpha value is -2.40. The van der Waals surface area contributed by atoms with Crippen LogP contribution in [0.4, 0.5) is 10.1 Å². The molecule has 1 fully saturated rings. The normalized spacial score (nSPS) is 15.5. The van der Waals surface area contributed by atoms with Crippen molar-refractivity contribution in [3.63, 3.8) is 0 Å². The van der Waals surface area contributed by atoms with Gasteiger partial charge in [-0.1, -0.05) is 12.1 Å². The van der Waals surface area contributed by atoms with E-state index in [1.165, 1.54) is 34.8 Å². The van der Waals surface area contributed by atoms with Crippen LogP contribution in [0.2, 0.25) is 0 Å². The molecule has 1 heterocycles. The topological polar surface area (TPSA) is 83.0 Å². The van der Waals surface area contributed by atoms with E-state index in [2.05, 4.69) is 15.8 Å². The van der Waals surface area contributed by atoms with Crippen molar-refractivity contribution >= 4 is 39.3 Å². The number of hydrazone groups is 1. The molecule has 10 heteroatoms. The number of nitrogens with zero attached hydrogens (tertiary/aromatic N) is 2. The molecule has 3 rings (SSSR count). The zero-order valence-electron chi connectivity index (χ0n) is 14.8. The standard InChI is InChI=1S/C18H19FN4O3S2/c19-15-3-1-2-14(12-15)13-20-22-18(27)21-16-4-6-17(7-5-16)28(24,25)23-8-10-26-11-9-23/h1-7,12-13H,8-11H2,(H2,21,22,27)/b20-13+. The summed E-state index contributed by atoms with van der Waals surface area (Å²) in [6.07, 6.45) is 1.44. The molecule has 1 aliphatic heterocycles. The molecule has 0 radical (unpaired) electrons. The molecule has 1 saturated heterocycles. The number of anilines is 1. The van der Waals surface area contributed by atoms with Crippen molar-refractivity contribution in [3.8, 4) is 0 Å². The first kappa shape index (κ1) is 20.3. The van der Waals surface area contributed by atoms with Crippen molar-refractivity contribution in [1.82, 2.24) is 9.73 Å². The van der Waals surface area contributed by atoms with Gasteiger partial charge >= 0.3 is 0 Å². The summed E-state index contributed by atoms with van der Waals surface area (Å²) in [6.45, 7) is 1.49. The van der Waals surface area contributed by atoms with Crippen LogP contribution in [0.25, 0.3) is 0 Å². The van der Waals surface area contributed by atoms with Gasteiger partial charge in [0.1, 0.15) is 5.82 Å². The van der Waals surface area contributed by atoms with E-state index in [-0.39, 0.29) is 15.8 Å². The fourth-order valence-electron chi connectivity index (χ4n) is 2.56. The van der Waals surface area contributed by atoms with Crippen LogP contribution in [0, 0.1) is 5.82 Å². The lowest BCUT2D eigenvalue weighted by Gasteiger charge is -2.26. The molecule has 1 aliphatic rings. The molecule has 2 N–H and O–H groups in total. The summed E-state index contributed by atoms with van der Waals surface area (Å²) in [5.74, 6) is -0.350. The molecule has 0 spiro atoms. The predicted molar refractivity (Wildman–Crippen MR) is 109 cm³/mol. The zero-order chi connectivity index (χ0) is 20.0. The number of hydrogen-bond acceptors (Lipinski definition) is 5. The van der Waals surface area contributed by atoms with Crippen molar-refractivity contribution in [1.29, 1.82) is 0 Å². The molecule has 0 aromatic heterocycles. The molecule has 0 unspecified atom stereocenters. The molecule has 0 saturated carbocycles. The maximum atomic E-state index is 13.1. The summed E-state index contributed by atoms with van der Waals surface area (Å²) in [7, 11) is -3.53.